The van der Waals surface area contributed by atoms with Crippen LogP contribution in [-0.2, 0) is 4.29 Å². The lowest BCUT2D eigenvalue weighted by Crippen LogP contribution is -2.36. The lowest BCUT2D eigenvalue weighted by Gasteiger charge is -2.35. The van der Waals surface area contributed by atoms with Crippen molar-refractivity contribution in [3.05, 3.63) is 0 Å². The number of hydrogen-bond acceptors (Lipinski definition) is 1. The standard InChI is InChI=1S/C24H49ClO/c1-5-7-9-11-13-15-17-19-21-24(26-25,23(3)4)22-20-18-16-14-12-10-8-6-2/h23H,5-22H2,1-4H3. The molecule has 0 atom stereocenters. The first-order valence-electron chi connectivity index (χ1n) is 11.9. The number of unbranched alkanes of at least 4 members (excludes halogenated alkanes) is 14. The van der Waals surface area contributed by atoms with Crippen LogP contribution in [0.1, 0.15) is 143 Å². The highest BCUT2D eigenvalue weighted by Crippen LogP contribution is 2.35. The van der Waals surface area contributed by atoms with Crippen molar-refractivity contribution < 1.29 is 4.29 Å². The molecule has 0 radical (unpaired) electrons. The minimum absolute atomic E-state index is 0.105. The molecule has 0 unspecified atom stereocenters. The van der Waals surface area contributed by atoms with E-state index >= 15 is 0 Å². The van der Waals surface area contributed by atoms with Crippen molar-refractivity contribution in [2.75, 3.05) is 0 Å². The quantitative estimate of drug-likeness (QED) is 0.188. The Bertz CT molecular complexity index is 257. The molecule has 0 aromatic carbocycles. The maximum atomic E-state index is 6.01. The molecule has 0 bridgehead atoms. The van der Waals surface area contributed by atoms with Gasteiger partial charge >= 0.3 is 0 Å². The molecule has 0 amide bonds. The second-order valence-electron chi connectivity index (χ2n) is 8.75. The topological polar surface area (TPSA) is 9.23 Å². The maximum absolute atomic E-state index is 6.01. The van der Waals surface area contributed by atoms with E-state index in [1.807, 2.05) is 0 Å². The minimum atomic E-state index is -0.105. The Morgan fingerprint density at radius 3 is 1.15 bits per heavy atom. The molecule has 0 aliphatic rings. The summed E-state index contributed by atoms with van der Waals surface area (Å²) in [7, 11) is 0. The van der Waals surface area contributed by atoms with Gasteiger partial charge in [-0.3, -0.25) is 4.29 Å². The summed E-state index contributed by atoms with van der Waals surface area (Å²) in [5.41, 5.74) is -0.105. The molecule has 0 spiro atoms. The van der Waals surface area contributed by atoms with E-state index in [-0.39, 0.29) is 5.60 Å². The molecule has 2 heteroatoms. The van der Waals surface area contributed by atoms with Gasteiger partial charge in [-0.25, -0.2) is 0 Å². The molecule has 0 saturated carbocycles. The van der Waals surface area contributed by atoms with Gasteiger partial charge in [-0.15, -0.1) is 0 Å². The molecule has 0 N–H and O–H groups in total. The molecule has 0 aromatic heterocycles. The van der Waals surface area contributed by atoms with Crippen LogP contribution in [0, 0.1) is 5.92 Å². The smallest absolute Gasteiger partial charge is 0.0920 e. The summed E-state index contributed by atoms with van der Waals surface area (Å²) < 4.78 is 5.59. The third-order valence-electron chi connectivity index (χ3n) is 6.11. The molecule has 0 aliphatic carbocycles. The van der Waals surface area contributed by atoms with Gasteiger partial charge in [0.05, 0.1) is 17.5 Å². The van der Waals surface area contributed by atoms with Gasteiger partial charge < -0.3 is 0 Å². The van der Waals surface area contributed by atoms with E-state index in [0.717, 1.165) is 12.8 Å². The van der Waals surface area contributed by atoms with E-state index in [1.165, 1.54) is 103 Å². The van der Waals surface area contributed by atoms with E-state index < -0.39 is 0 Å². The normalized spacial score (nSPS) is 12.2. The molecule has 0 fully saturated rings. The molecular weight excluding hydrogens is 340 g/mol. The predicted octanol–water partition coefficient (Wildman–Crippen LogP) is 9.61. The maximum Gasteiger partial charge on any atom is 0.0920 e. The van der Waals surface area contributed by atoms with Crippen LogP contribution >= 0.6 is 11.9 Å². The molecule has 1 nitrogen and oxygen atoms in total. The van der Waals surface area contributed by atoms with E-state index in [4.69, 9.17) is 16.2 Å². The van der Waals surface area contributed by atoms with Gasteiger partial charge in [-0.1, -0.05) is 130 Å². The van der Waals surface area contributed by atoms with Crippen LogP contribution in [0.15, 0.2) is 0 Å². The third-order valence-corrected chi connectivity index (χ3v) is 6.42. The molecule has 158 valence electrons. The summed E-state index contributed by atoms with van der Waals surface area (Å²) in [6.45, 7) is 9.12. The second kappa shape index (κ2) is 18.6. The van der Waals surface area contributed by atoms with Gasteiger partial charge in [0, 0.05) is 0 Å². The Balaban J connectivity index is 3.90. The van der Waals surface area contributed by atoms with Crippen LogP contribution in [0.5, 0.6) is 0 Å². The van der Waals surface area contributed by atoms with Crippen LogP contribution in [0.25, 0.3) is 0 Å². The van der Waals surface area contributed by atoms with Crippen molar-refractivity contribution in [3.8, 4) is 0 Å². The van der Waals surface area contributed by atoms with Gasteiger partial charge in [-0.2, -0.15) is 0 Å². The van der Waals surface area contributed by atoms with E-state index in [2.05, 4.69) is 27.7 Å². The van der Waals surface area contributed by atoms with E-state index in [1.54, 1.807) is 0 Å². The Hall–Kier alpha value is 0.250. The summed E-state index contributed by atoms with van der Waals surface area (Å²) in [6.07, 6.45) is 24.1. The van der Waals surface area contributed by atoms with Gasteiger partial charge in [0.25, 0.3) is 0 Å². The molecular formula is C24H49ClO. The lowest BCUT2D eigenvalue weighted by molar-refractivity contribution is 0.00917. The summed E-state index contributed by atoms with van der Waals surface area (Å²) in [5.74, 6) is 0.495. The predicted molar refractivity (Wildman–Crippen MR) is 119 cm³/mol. The Labute approximate surface area is 171 Å². The van der Waals surface area contributed by atoms with Crippen LogP contribution in [0.4, 0.5) is 0 Å². The molecule has 0 aromatic rings. The zero-order valence-corrected chi connectivity index (χ0v) is 19.3. The van der Waals surface area contributed by atoms with Crippen LogP contribution < -0.4 is 0 Å². The average Bonchev–Trinajstić information content (AvgIpc) is 2.64. The van der Waals surface area contributed by atoms with E-state index in [9.17, 15) is 0 Å². The lowest BCUT2D eigenvalue weighted by atomic mass is 9.81. The zero-order valence-electron chi connectivity index (χ0n) is 18.6. The largest absolute Gasteiger partial charge is 0.272 e. The first kappa shape index (κ1) is 26.2. The Morgan fingerprint density at radius 2 is 0.885 bits per heavy atom. The van der Waals surface area contributed by atoms with Crippen LogP contribution in [0.2, 0.25) is 0 Å². The highest BCUT2D eigenvalue weighted by atomic mass is 35.5. The summed E-state index contributed by atoms with van der Waals surface area (Å²) in [5, 5.41) is 0. The highest BCUT2D eigenvalue weighted by molar-refractivity contribution is 6.07. The van der Waals surface area contributed by atoms with Crippen molar-refractivity contribution >= 4 is 11.9 Å². The second-order valence-corrected chi connectivity index (χ2v) is 8.90. The number of hydrogen-bond donors (Lipinski definition) is 0. The Kier molecular flexibility index (Phi) is 18.8. The number of rotatable bonds is 20. The van der Waals surface area contributed by atoms with Crippen molar-refractivity contribution in [3.63, 3.8) is 0 Å². The fourth-order valence-electron chi connectivity index (χ4n) is 3.98. The molecule has 0 aliphatic heterocycles. The monoisotopic (exact) mass is 388 g/mol. The van der Waals surface area contributed by atoms with Crippen LogP contribution in [0.3, 0.4) is 0 Å². The van der Waals surface area contributed by atoms with Gasteiger partial charge in [0.2, 0.25) is 0 Å². The van der Waals surface area contributed by atoms with Gasteiger partial charge in [-0.05, 0) is 18.8 Å². The van der Waals surface area contributed by atoms with Crippen molar-refractivity contribution in [2.45, 2.75) is 149 Å². The molecule has 0 saturated heterocycles. The van der Waals surface area contributed by atoms with Crippen molar-refractivity contribution in [1.82, 2.24) is 0 Å². The highest BCUT2D eigenvalue weighted by Gasteiger charge is 2.34. The third kappa shape index (κ3) is 13.4. The zero-order chi connectivity index (χ0) is 19.5. The first-order chi connectivity index (χ1) is 12.6. The fourth-order valence-corrected chi connectivity index (χ4v) is 4.32. The molecule has 0 rings (SSSR count). The Morgan fingerprint density at radius 1 is 0.577 bits per heavy atom. The van der Waals surface area contributed by atoms with Gasteiger partial charge in [0.15, 0.2) is 0 Å². The average molecular weight is 389 g/mol. The summed E-state index contributed by atoms with van der Waals surface area (Å²) in [6, 6.07) is 0. The van der Waals surface area contributed by atoms with Gasteiger partial charge in [0.1, 0.15) is 0 Å². The fraction of sp³-hybridized carbons (Fsp3) is 1.00. The molecule has 0 heterocycles. The molecule has 26 heavy (non-hydrogen) atoms. The van der Waals surface area contributed by atoms with Crippen molar-refractivity contribution in [1.29, 1.82) is 0 Å². The SMILES string of the molecule is CCCCCCCCCCC(CCCCCCCCCC)(OCl)C(C)C. The summed E-state index contributed by atoms with van der Waals surface area (Å²) >= 11 is 6.01. The van der Waals surface area contributed by atoms with Crippen molar-refractivity contribution in [2.24, 2.45) is 5.92 Å². The first-order valence-corrected chi connectivity index (χ1v) is 12.2. The van der Waals surface area contributed by atoms with E-state index in [0.29, 0.717) is 5.92 Å². The van der Waals surface area contributed by atoms with Crippen LogP contribution in [-0.4, -0.2) is 5.60 Å². The number of halogens is 1. The summed E-state index contributed by atoms with van der Waals surface area (Å²) in [4.78, 5) is 0. The minimum Gasteiger partial charge on any atom is -0.272 e.